The number of unbranched alkanes of at least 4 members (excludes halogenated alkanes) is 2. The van der Waals surface area contributed by atoms with E-state index in [1.54, 1.807) is 0 Å². The number of rotatable bonds is 4. The van der Waals surface area contributed by atoms with Gasteiger partial charge < -0.3 is 5.32 Å². The molecule has 3 nitrogen and oxygen atoms in total. The Hall–Kier alpha value is -0.590. The molecular formula is C11H21N3. The van der Waals surface area contributed by atoms with Crippen molar-refractivity contribution in [2.24, 2.45) is 0 Å². The molecule has 0 spiro atoms. The molecule has 1 atom stereocenters. The summed E-state index contributed by atoms with van der Waals surface area (Å²) in [7, 11) is 0. The Morgan fingerprint density at radius 3 is 2.93 bits per heavy atom. The van der Waals surface area contributed by atoms with Gasteiger partial charge in [-0.25, -0.2) is 0 Å². The van der Waals surface area contributed by atoms with Gasteiger partial charge in [-0.05, 0) is 19.9 Å². The van der Waals surface area contributed by atoms with Crippen LogP contribution in [-0.2, 0) is 0 Å². The molecule has 0 bridgehead atoms. The van der Waals surface area contributed by atoms with Gasteiger partial charge >= 0.3 is 0 Å². The molecule has 1 unspecified atom stereocenters. The van der Waals surface area contributed by atoms with Crippen LogP contribution in [-0.4, -0.2) is 36.6 Å². The largest absolute Gasteiger partial charge is 0.313 e. The fourth-order valence-electron chi connectivity index (χ4n) is 1.93. The van der Waals surface area contributed by atoms with Gasteiger partial charge in [0.1, 0.15) is 5.54 Å². The Morgan fingerprint density at radius 1 is 1.50 bits per heavy atom. The predicted octanol–water partition coefficient (Wildman–Crippen LogP) is 1.36. The van der Waals surface area contributed by atoms with E-state index in [1.165, 1.54) is 19.3 Å². The maximum atomic E-state index is 9.15. The van der Waals surface area contributed by atoms with Gasteiger partial charge in [0.05, 0.1) is 6.07 Å². The van der Waals surface area contributed by atoms with Gasteiger partial charge in [-0.3, -0.25) is 4.90 Å². The molecule has 80 valence electrons. The summed E-state index contributed by atoms with van der Waals surface area (Å²) in [6.45, 7) is 8.14. The van der Waals surface area contributed by atoms with Gasteiger partial charge in [0, 0.05) is 19.6 Å². The molecule has 0 aliphatic carbocycles. The summed E-state index contributed by atoms with van der Waals surface area (Å²) >= 11 is 0. The quantitative estimate of drug-likeness (QED) is 0.689. The third-order valence-corrected chi connectivity index (χ3v) is 3.00. The molecule has 1 aliphatic heterocycles. The zero-order chi connectivity index (χ0) is 10.4. The molecule has 3 heteroatoms. The third-order valence-electron chi connectivity index (χ3n) is 3.00. The Morgan fingerprint density at radius 2 is 2.29 bits per heavy atom. The first kappa shape index (κ1) is 11.5. The SMILES string of the molecule is CCCCCN1CCNCC1(C)C#N. The van der Waals surface area contributed by atoms with E-state index in [0.717, 1.165) is 26.2 Å². The van der Waals surface area contributed by atoms with Crippen LogP contribution in [0.1, 0.15) is 33.1 Å². The highest BCUT2D eigenvalue weighted by molar-refractivity contribution is 5.08. The molecule has 1 aliphatic rings. The van der Waals surface area contributed by atoms with Crippen LogP contribution in [0, 0.1) is 11.3 Å². The van der Waals surface area contributed by atoms with Gasteiger partial charge in [-0.2, -0.15) is 5.26 Å². The molecule has 0 radical (unpaired) electrons. The highest BCUT2D eigenvalue weighted by atomic mass is 15.2. The summed E-state index contributed by atoms with van der Waals surface area (Å²) in [5, 5.41) is 12.4. The van der Waals surface area contributed by atoms with Gasteiger partial charge in [-0.1, -0.05) is 19.8 Å². The Labute approximate surface area is 87.1 Å². The second kappa shape index (κ2) is 5.33. The average molecular weight is 195 g/mol. The molecule has 1 rings (SSSR count). The van der Waals surface area contributed by atoms with Crippen LogP contribution in [0.4, 0.5) is 0 Å². The van der Waals surface area contributed by atoms with Crippen LogP contribution in [0.25, 0.3) is 0 Å². The number of hydrogen-bond acceptors (Lipinski definition) is 3. The Bertz CT molecular complexity index is 209. The molecule has 1 fully saturated rings. The zero-order valence-electron chi connectivity index (χ0n) is 9.34. The van der Waals surface area contributed by atoms with E-state index >= 15 is 0 Å². The average Bonchev–Trinajstić information content (AvgIpc) is 2.21. The number of nitriles is 1. The lowest BCUT2D eigenvalue weighted by atomic mass is 9.99. The summed E-state index contributed by atoms with van der Waals surface area (Å²) in [4.78, 5) is 2.32. The molecule has 0 aromatic heterocycles. The van der Waals surface area contributed by atoms with Gasteiger partial charge in [0.25, 0.3) is 0 Å². The molecule has 0 amide bonds. The fraction of sp³-hybridized carbons (Fsp3) is 0.909. The molecule has 0 saturated carbocycles. The Balaban J connectivity index is 2.43. The number of hydrogen-bond donors (Lipinski definition) is 1. The van der Waals surface area contributed by atoms with Crippen molar-refractivity contribution in [1.29, 1.82) is 5.26 Å². The van der Waals surface area contributed by atoms with Crippen LogP contribution in [0.15, 0.2) is 0 Å². The Kier molecular flexibility index (Phi) is 4.37. The smallest absolute Gasteiger partial charge is 0.118 e. The van der Waals surface area contributed by atoms with Crippen LogP contribution >= 0.6 is 0 Å². The van der Waals surface area contributed by atoms with Crippen molar-refractivity contribution in [1.82, 2.24) is 10.2 Å². The van der Waals surface area contributed by atoms with Crippen molar-refractivity contribution >= 4 is 0 Å². The van der Waals surface area contributed by atoms with Gasteiger partial charge in [0.2, 0.25) is 0 Å². The second-order valence-electron chi connectivity index (χ2n) is 4.26. The molecule has 1 heterocycles. The van der Waals surface area contributed by atoms with Crippen LogP contribution < -0.4 is 5.32 Å². The van der Waals surface area contributed by atoms with E-state index in [4.69, 9.17) is 5.26 Å². The minimum Gasteiger partial charge on any atom is -0.313 e. The maximum absolute atomic E-state index is 9.15. The highest BCUT2D eigenvalue weighted by Crippen LogP contribution is 2.16. The topological polar surface area (TPSA) is 39.1 Å². The lowest BCUT2D eigenvalue weighted by Gasteiger charge is -2.40. The van der Waals surface area contributed by atoms with Gasteiger partial charge in [0.15, 0.2) is 0 Å². The normalized spacial score (nSPS) is 28.6. The van der Waals surface area contributed by atoms with E-state index in [0.29, 0.717) is 0 Å². The van der Waals surface area contributed by atoms with Crippen molar-refractivity contribution in [3.05, 3.63) is 0 Å². The van der Waals surface area contributed by atoms with E-state index in [2.05, 4.69) is 23.2 Å². The predicted molar refractivity (Wildman–Crippen MR) is 58.0 cm³/mol. The molecule has 1 N–H and O–H groups in total. The molecule has 0 aromatic rings. The summed E-state index contributed by atoms with van der Waals surface area (Å²) in [5.74, 6) is 0. The van der Waals surface area contributed by atoms with Crippen LogP contribution in [0.3, 0.4) is 0 Å². The van der Waals surface area contributed by atoms with E-state index in [-0.39, 0.29) is 5.54 Å². The summed E-state index contributed by atoms with van der Waals surface area (Å²) in [6, 6.07) is 2.42. The first-order valence-corrected chi connectivity index (χ1v) is 5.60. The third kappa shape index (κ3) is 2.70. The molecular weight excluding hydrogens is 174 g/mol. The minimum atomic E-state index is -0.286. The summed E-state index contributed by atoms with van der Waals surface area (Å²) < 4.78 is 0. The number of nitrogens with one attached hydrogen (secondary N) is 1. The van der Waals surface area contributed by atoms with Crippen molar-refractivity contribution in [2.45, 2.75) is 38.6 Å². The van der Waals surface area contributed by atoms with Gasteiger partial charge in [-0.15, -0.1) is 0 Å². The van der Waals surface area contributed by atoms with E-state index in [1.807, 2.05) is 6.92 Å². The fourth-order valence-corrected chi connectivity index (χ4v) is 1.93. The highest BCUT2D eigenvalue weighted by Gasteiger charge is 2.33. The van der Waals surface area contributed by atoms with Crippen molar-refractivity contribution < 1.29 is 0 Å². The summed E-state index contributed by atoms with van der Waals surface area (Å²) in [5.41, 5.74) is -0.286. The number of nitrogens with zero attached hydrogens (tertiary/aromatic N) is 2. The first-order chi connectivity index (χ1) is 6.73. The van der Waals surface area contributed by atoms with Crippen molar-refractivity contribution in [3.63, 3.8) is 0 Å². The monoisotopic (exact) mass is 195 g/mol. The summed E-state index contributed by atoms with van der Waals surface area (Å²) in [6.07, 6.45) is 3.73. The lowest BCUT2D eigenvalue weighted by Crippen LogP contribution is -2.58. The van der Waals surface area contributed by atoms with Crippen LogP contribution in [0.2, 0.25) is 0 Å². The first-order valence-electron chi connectivity index (χ1n) is 5.60. The van der Waals surface area contributed by atoms with Crippen molar-refractivity contribution in [3.8, 4) is 6.07 Å². The molecule has 0 aromatic carbocycles. The zero-order valence-corrected chi connectivity index (χ0v) is 9.34. The van der Waals surface area contributed by atoms with Crippen molar-refractivity contribution in [2.75, 3.05) is 26.2 Å². The molecule has 14 heavy (non-hydrogen) atoms. The standard InChI is InChI=1S/C11H21N3/c1-3-4-5-7-14-8-6-13-10-11(14,2)9-12/h13H,3-8,10H2,1-2H3. The molecule has 1 saturated heterocycles. The number of piperazine rings is 1. The van der Waals surface area contributed by atoms with E-state index in [9.17, 15) is 0 Å². The maximum Gasteiger partial charge on any atom is 0.118 e. The lowest BCUT2D eigenvalue weighted by molar-refractivity contribution is 0.118. The minimum absolute atomic E-state index is 0.286. The van der Waals surface area contributed by atoms with Crippen LogP contribution in [0.5, 0.6) is 0 Å². The van der Waals surface area contributed by atoms with E-state index < -0.39 is 0 Å². The second-order valence-corrected chi connectivity index (χ2v) is 4.26.